The summed E-state index contributed by atoms with van der Waals surface area (Å²) in [5.41, 5.74) is -0.391. The Morgan fingerprint density at radius 2 is 2.00 bits per heavy atom. The van der Waals surface area contributed by atoms with Crippen LogP contribution in [0.3, 0.4) is 0 Å². The number of hydrogen-bond acceptors (Lipinski definition) is 5. The molecule has 1 aliphatic rings. The maximum Gasteiger partial charge on any atom is 0.421 e. The molecule has 1 saturated heterocycles. The molecule has 1 aromatic heterocycles. The number of pyridine rings is 1. The minimum Gasteiger partial charge on any atom is -0.475 e. The van der Waals surface area contributed by atoms with Gasteiger partial charge < -0.3 is 19.7 Å². The van der Waals surface area contributed by atoms with Gasteiger partial charge in [0.15, 0.2) is 0 Å². The van der Waals surface area contributed by atoms with Crippen molar-refractivity contribution in [2.45, 2.75) is 6.18 Å². The molecule has 2 rings (SSSR count). The molecule has 8 heteroatoms. The van der Waals surface area contributed by atoms with E-state index in [4.69, 9.17) is 9.47 Å². The van der Waals surface area contributed by atoms with Crippen LogP contribution in [0, 0.1) is 0 Å². The fourth-order valence-corrected chi connectivity index (χ4v) is 2.08. The Kier molecular flexibility index (Phi) is 5.24. The van der Waals surface area contributed by atoms with Crippen molar-refractivity contribution in [1.29, 1.82) is 0 Å². The number of nitrogens with one attached hydrogen (secondary N) is 1. The molecule has 1 aromatic rings. The van der Waals surface area contributed by atoms with Gasteiger partial charge in [0.25, 0.3) is 0 Å². The summed E-state index contributed by atoms with van der Waals surface area (Å²) < 4.78 is 49.2. The molecular formula is C13H18F3N3O2. The monoisotopic (exact) mass is 305 g/mol. The Morgan fingerprint density at radius 1 is 1.29 bits per heavy atom. The normalized spacial score (nSPS) is 16.1. The summed E-state index contributed by atoms with van der Waals surface area (Å²) in [6, 6.07) is 1.10. The third kappa shape index (κ3) is 4.21. The lowest BCUT2D eigenvalue weighted by Crippen LogP contribution is -2.43. The number of piperazine rings is 1. The molecule has 1 fully saturated rings. The standard InChI is InChI=1S/C13H18F3N3O2/c1-20-6-7-21-12-11(13(14,15)16)8-10(9-18-12)19-4-2-17-3-5-19/h8-9,17H,2-7H2,1H3. The Bertz CT molecular complexity index is 462. The summed E-state index contributed by atoms with van der Waals surface area (Å²) in [4.78, 5) is 5.70. The number of alkyl halides is 3. The van der Waals surface area contributed by atoms with Crippen LogP contribution in [0.4, 0.5) is 18.9 Å². The molecule has 0 aromatic carbocycles. The van der Waals surface area contributed by atoms with Crippen LogP contribution in [-0.2, 0) is 10.9 Å². The number of anilines is 1. The highest BCUT2D eigenvalue weighted by atomic mass is 19.4. The number of nitrogens with zero attached hydrogens (tertiary/aromatic N) is 2. The van der Waals surface area contributed by atoms with Gasteiger partial charge in [-0.3, -0.25) is 0 Å². The summed E-state index contributed by atoms with van der Waals surface area (Å²) in [5, 5.41) is 3.15. The predicted molar refractivity (Wildman–Crippen MR) is 71.7 cm³/mol. The molecule has 0 spiro atoms. The molecule has 0 aliphatic carbocycles. The van der Waals surface area contributed by atoms with E-state index in [-0.39, 0.29) is 13.2 Å². The van der Waals surface area contributed by atoms with E-state index in [1.54, 1.807) is 0 Å². The molecule has 0 radical (unpaired) electrons. The van der Waals surface area contributed by atoms with E-state index in [2.05, 4.69) is 10.3 Å². The molecule has 118 valence electrons. The number of halogens is 3. The molecule has 0 saturated carbocycles. The van der Waals surface area contributed by atoms with Gasteiger partial charge in [0.1, 0.15) is 12.2 Å². The predicted octanol–water partition coefficient (Wildman–Crippen LogP) is 1.54. The van der Waals surface area contributed by atoms with E-state index >= 15 is 0 Å². The fraction of sp³-hybridized carbons (Fsp3) is 0.615. The van der Waals surface area contributed by atoms with Crippen LogP contribution < -0.4 is 15.0 Å². The average Bonchev–Trinajstić information content (AvgIpc) is 2.47. The summed E-state index contributed by atoms with van der Waals surface area (Å²) in [7, 11) is 1.45. The second kappa shape index (κ2) is 6.95. The summed E-state index contributed by atoms with van der Waals surface area (Å²) in [6.45, 7) is 3.03. The zero-order valence-corrected chi connectivity index (χ0v) is 11.7. The van der Waals surface area contributed by atoms with E-state index < -0.39 is 17.6 Å². The molecule has 0 bridgehead atoms. The van der Waals surface area contributed by atoms with Gasteiger partial charge in [0.2, 0.25) is 5.88 Å². The first kappa shape index (κ1) is 15.8. The number of methoxy groups -OCH3 is 1. The smallest absolute Gasteiger partial charge is 0.421 e. The van der Waals surface area contributed by atoms with E-state index in [9.17, 15) is 13.2 Å². The molecule has 0 unspecified atom stereocenters. The lowest BCUT2D eigenvalue weighted by atomic mass is 10.2. The van der Waals surface area contributed by atoms with Crippen LogP contribution in [0.15, 0.2) is 12.3 Å². The zero-order chi connectivity index (χ0) is 15.3. The Hall–Kier alpha value is -1.54. The Balaban J connectivity index is 2.21. The summed E-state index contributed by atoms with van der Waals surface area (Å²) >= 11 is 0. The summed E-state index contributed by atoms with van der Waals surface area (Å²) in [6.07, 6.45) is -3.08. The van der Waals surface area contributed by atoms with Gasteiger partial charge in [-0.05, 0) is 6.07 Å². The van der Waals surface area contributed by atoms with E-state index in [0.717, 1.165) is 19.2 Å². The molecular weight excluding hydrogens is 287 g/mol. The quantitative estimate of drug-likeness (QED) is 0.836. The highest BCUT2D eigenvalue weighted by molar-refractivity contribution is 5.50. The number of aromatic nitrogens is 1. The minimum atomic E-state index is -4.50. The van der Waals surface area contributed by atoms with E-state index in [1.807, 2.05) is 4.90 Å². The van der Waals surface area contributed by atoms with Crippen molar-refractivity contribution in [3.05, 3.63) is 17.8 Å². The second-order valence-corrected chi connectivity index (χ2v) is 4.62. The Morgan fingerprint density at radius 3 is 2.62 bits per heavy atom. The van der Waals surface area contributed by atoms with Crippen LogP contribution in [0.1, 0.15) is 5.56 Å². The van der Waals surface area contributed by atoms with Gasteiger partial charge >= 0.3 is 6.18 Å². The number of hydrogen-bond donors (Lipinski definition) is 1. The van der Waals surface area contributed by atoms with Crippen molar-refractivity contribution in [3.8, 4) is 5.88 Å². The highest BCUT2D eigenvalue weighted by Crippen LogP contribution is 2.37. The minimum absolute atomic E-state index is 0.0273. The average molecular weight is 305 g/mol. The van der Waals surface area contributed by atoms with Gasteiger partial charge in [0.05, 0.1) is 18.5 Å². The molecule has 1 aliphatic heterocycles. The SMILES string of the molecule is COCCOc1ncc(N2CCNCC2)cc1C(F)(F)F. The Labute approximate surface area is 121 Å². The van der Waals surface area contributed by atoms with Gasteiger partial charge in [-0.2, -0.15) is 13.2 Å². The van der Waals surface area contributed by atoms with E-state index in [0.29, 0.717) is 18.8 Å². The van der Waals surface area contributed by atoms with Crippen molar-refractivity contribution < 1.29 is 22.6 Å². The largest absolute Gasteiger partial charge is 0.475 e. The van der Waals surface area contributed by atoms with Crippen molar-refractivity contribution in [1.82, 2.24) is 10.3 Å². The number of ether oxygens (including phenoxy) is 2. The van der Waals surface area contributed by atoms with E-state index in [1.165, 1.54) is 13.3 Å². The van der Waals surface area contributed by atoms with Crippen molar-refractivity contribution >= 4 is 5.69 Å². The van der Waals surface area contributed by atoms with Gasteiger partial charge in [-0.15, -0.1) is 0 Å². The van der Waals surface area contributed by atoms with Crippen LogP contribution in [-0.4, -0.2) is 51.5 Å². The molecule has 21 heavy (non-hydrogen) atoms. The molecule has 5 nitrogen and oxygen atoms in total. The maximum atomic E-state index is 13.1. The lowest BCUT2D eigenvalue weighted by molar-refractivity contribution is -0.139. The summed E-state index contributed by atoms with van der Waals surface area (Å²) in [5.74, 6) is -0.404. The first-order valence-corrected chi connectivity index (χ1v) is 6.67. The van der Waals surface area contributed by atoms with Gasteiger partial charge in [0, 0.05) is 33.3 Å². The maximum absolute atomic E-state index is 13.1. The van der Waals surface area contributed by atoms with Crippen molar-refractivity contribution in [3.63, 3.8) is 0 Å². The van der Waals surface area contributed by atoms with Crippen LogP contribution in [0.25, 0.3) is 0 Å². The topological polar surface area (TPSA) is 46.6 Å². The zero-order valence-electron chi connectivity index (χ0n) is 11.7. The fourth-order valence-electron chi connectivity index (χ4n) is 2.08. The van der Waals surface area contributed by atoms with Crippen LogP contribution >= 0.6 is 0 Å². The van der Waals surface area contributed by atoms with Crippen molar-refractivity contribution in [2.24, 2.45) is 0 Å². The molecule has 2 heterocycles. The first-order valence-electron chi connectivity index (χ1n) is 6.67. The van der Waals surface area contributed by atoms with Gasteiger partial charge in [-0.25, -0.2) is 4.98 Å². The molecule has 0 amide bonds. The van der Waals surface area contributed by atoms with Crippen LogP contribution in [0.5, 0.6) is 5.88 Å². The third-order valence-corrected chi connectivity index (χ3v) is 3.15. The highest BCUT2D eigenvalue weighted by Gasteiger charge is 2.36. The van der Waals surface area contributed by atoms with Gasteiger partial charge in [-0.1, -0.05) is 0 Å². The number of rotatable bonds is 5. The first-order chi connectivity index (χ1) is 10.0. The second-order valence-electron chi connectivity index (χ2n) is 4.62. The van der Waals surface area contributed by atoms with Crippen LogP contribution in [0.2, 0.25) is 0 Å². The molecule has 1 N–H and O–H groups in total. The third-order valence-electron chi connectivity index (χ3n) is 3.15. The van der Waals surface area contributed by atoms with Crippen molar-refractivity contribution in [2.75, 3.05) is 51.4 Å². The lowest BCUT2D eigenvalue weighted by Gasteiger charge is -2.29. The molecule has 0 atom stereocenters.